The molecule has 108 valence electrons. The van der Waals surface area contributed by atoms with Gasteiger partial charge in [0.15, 0.2) is 0 Å². The molecule has 0 amide bonds. The number of rotatable bonds is 7. The minimum Gasteiger partial charge on any atom is -0.477 e. The normalized spacial score (nSPS) is 12.0. The second-order valence-electron chi connectivity index (χ2n) is 4.06. The van der Waals surface area contributed by atoms with Gasteiger partial charge in [0.05, 0.1) is 0 Å². The molecule has 0 aliphatic rings. The highest BCUT2D eigenvalue weighted by molar-refractivity contribution is 7.91. The van der Waals surface area contributed by atoms with Crippen LogP contribution >= 0.6 is 11.3 Å². The third kappa shape index (κ3) is 3.75. The summed E-state index contributed by atoms with van der Waals surface area (Å²) < 4.78 is 30.6. The molecular weight excluding hydrogens is 290 g/mol. The summed E-state index contributed by atoms with van der Waals surface area (Å²) in [5, 5.41) is 8.94. The molecule has 8 heteroatoms. The van der Waals surface area contributed by atoms with Gasteiger partial charge in [-0.1, -0.05) is 0 Å². The first-order valence-corrected chi connectivity index (χ1v) is 7.85. The summed E-state index contributed by atoms with van der Waals surface area (Å²) >= 11 is 0.782. The zero-order valence-electron chi connectivity index (χ0n) is 11.0. The van der Waals surface area contributed by atoms with Crippen LogP contribution in [-0.2, 0) is 14.8 Å². The number of hydrogen-bond donors (Lipinski definition) is 1. The number of carboxylic acids is 1. The van der Waals surface area contributed by atoms with Crippen molar-refractivity contribution >= 4 is 27.3 Å². The van der Waals surface area contributed by atoms with Crippen molar-refractivity contribution in [2.24, 2.45) is 0 Å². The van der Waals surface area contributed by atoms with Gasteiger partial charge in [0, 0.05) is 27.3 Å². The van der Waals surface area contributed by atoms with Gasteiger partial charge in [0.1, 0.15) is 9.09 Å². The van der Waals surface area contributed by atoms with Crippen LogP contribution in [0.1, 0.15) is 21.7 Å². The Morgan fingerprint density at radius 1 is 1.53 bits per heavy atom. The number of sulfonamides is 1. The number of ether oxygens (including phenoxy) is 1. The Bertz CT molecular complexity index is 549. The zero-order chi connectivity index (χ0) is 14.6. The standard InChI is InChI=1S/C11H17NO5S2/c1-8-7-9(18-10(8)11(13)14)19(15,16)12(2)5-4-6-17-3/h7H,4-6H2,1-3H3,(H,13,14). The first-order chi connectivity index (χ1) is 8.80. The maximum atomic E-state index is 12.2. The van der Waals surface area contributed by atoms with E-state index in [4.69, 9.17) is 9.84 Å². The molecule has 1 N–H and O–H groups in total. The number of aromatic carboxylic acids is 1. The Balaban J connectivity index is 2.94. The van der Waals surface area contributed by atoms with Gasteiger partial charge < -0.3 is 9.84 Å². The maximum Gasteiger partial charge on any atom is 0.346 e. The van der Waals surface area contributed by atoms with Gasteiger partial charge in [0.2, 0.25) is 0 Å². The van der Waals surface area contributed by atoms with Crippen LogP contribution in [0, 0.1) is 6.92 Å². The zero-order valence-corrected chi connectivity index (χ0v) is 12.7. The maximum absolute atomic E-state index is 12.2. The van der Waals surface area contributed by atoms with E-state index in [1.165, 1.54) is 17.4 Å². The highest BCUT2D eigenvalue weighted by atomic mass is 32.2. The summed E-state index contributed by atoms with van der Waals surface area (Å²) in [4.78, 5) is 11.0. The molecule has 0 aliphatic carbocycles. The fourth-order valence-corrected chi connectivity index (χ4v) is 4.30. The quantitative estimate of drug-likeness (QED) is 0.770. The van der Waals surface area contributed by atoms with E-state index >= 15 is 0 Å². The van der Waals surface area contributed by atoms with E-state index in [0.717, 1.165) is 11.3 Å². The van der Waals surface area contributed by atoms with Crippen molar-refractivity contribution in [2.75, 3.05) is 27.3 Å². The van der Waals surface area contributed by atoms with Crippen LogP contribution in [-0.4, -0.2) is 51.1 Å². The lowest BCUT2D eigenvalue weighted by molar-refractivity contribution is 0.0701. The van der Waals surface area contributed by atoms with Crippen molar-refractivity contribution in [3.63, 3.8) is 0 Å². The third-order valence-corrected chi connectivity index (χ3v) is 6.11. The van der Waals surface area contributed by atoms with Crippen LogP contribution in [0.25, 0.3) is 0 Å². The van der Waals surface area contributed by atoms with E-state index < -0.39 is 16.0 Å². The van der Waals surface area contributed by atoms with Gasteiger partial charge in [0.25, 0.3) is 10.0 Å². The van der Waals surface area contributed by atoms with Crippen LogP contribution in [0.2, 0.25) is 0 Å². The summed E-state index contributed by atoms with van der Waals surface area (Å²) in [6.45, 7) is 2.39. The van der Waals surface area contributed by atoms with Crippen molar-refractivity contribution in [1.29, 1.82) is 0 Å². The Labute approximate surface area is 116 Å². The lowest BCUT2D eigenvalue weighted by Crippen LogP contribution is -2.28. The van der Waals surface area contributed by atoms with E-state index in [1.54, 1.807) is 14.0 Å². The molecule has 0 bridgehead atoms. The molecule has 0 radical (unpaired) electrons. The average Bonchev–Trinajstić information content (AvgIpc) is 2.72. The van der Waals surface area contributed by atoms with Crippen LogP contribution in [0.4, 0.5) is 0 Å². The predicted octanol–water partition coefficient (Wildman–Crippen LogP) is 1.41. The summed E-state index contributed by atoms with van der Waals surface area (Å²) in [6.07, 6.45) is 0.586. The molecule has 0 atom stereocenters. The molecule has 19 heavy (non-hydrogen) atoms. The number of thiophene rings is 1. The SMILES string of the molecule is COCCCN(C)S(=O)(=O)c1cc(C)c(C(=O)O)s1. The molecule has 0 saturated carbocycles. The van der Waals surface area contributed by atoms with Crippen LogP contribution in [0.15, 0.2) is 10.3 Å². The highest BCUT2D eigenvalue weighted by Gasteiger charge is 2.25. The molecular formula is C11H17NO5S2. The van der Waals surface area contributed by atoms with E-state index in [1.807, 2.05) is 0 Å². The minimum atomic E-state index is -3.62. The summed E-state index contributed by atoms with van der Waals surface area (Å²) in [7, 11) is -0.597. The molecule has 1 heterocycles. The molecule has 0 spiro atoms. The smallest absolute Gasteiger partial charge is 0.346 e. The van der Waals surface area contributed by atoms with E-state index in [2.05, 4.69) is 0 Å². The van der Waals surface area contributed by atoms with Crippen molar-refractivity contribution < 1.29 is 23.1 Å². The molecule has 6 nitrogen and oxygen atoms in total. The summed E-state index contributed by atoms with van der Waals surface area (Å²) in [6, 6.07) is 1.40. The van der Waals surface area contributed by atoms with Crippen LogP contribution in [0.5, 0.6) is 0 Å². The molecule has 0 saturated heterocycles. The van der Waals surface area contributed by atoms with Gasteiger partial charge >= 0.3 is 5.97 Å². The second-order valence-corrected chi connectivity index (χ2v) is 7.38. The number of methoxy groups -OCH3 is 1. The van der Waals surface area contributed by atoms with Crippen molar-refractivity contribution in [3.05, 3.63) is 16.5 Å². The van der Waals surface area contributed by atoms with E-state index in [0.29, 0.717) is 25.1 Å². The first-order valence-electron chi connectivity index (χ1n) is 5.59. The average molecular weight is 307 g/mol. The van der Waals surface area contributed by atoms with Crippen molar-refractivity contribution in [1.82, 2.24) is 4.31 Å². The molecule has 0 aromatic carbocycles. The fraction of sp³-hybridized carbons (Fsp3) is 0.545. The Hall–Kier alpha value is -0.960. The first kappa shape index (κ1) is 16.1. The van der Waals surface area contributed by atoms with E-state index in [9.17, 15) is 13.2 Å². The molecule has 0 aliphatic heterocycles. The van der Waals surface area contributed by atoms with Gasteiger partial charge in [-0.2, -0.15) is 0 Å². The predicted molar refractivity (Wildman–Crippen MR) is 72.3 cm³/mol. The number of nitrogens with zero attached hydrogens (tertiary/aromatic N) is 1. The molecule has 1 aromatic rings. The lowest BCUT2D eigenvalue weighted by Gasteiger charge is -2.15. The van der Waals surface area contributed by atoms with E-state index in [-0.39, 0.29) is 9.09 Å². The van der Waals surface area contributed by atoms with Gasteiger partial charge in [-0.15, -0.1) is 11.3 Å². The van der Waals surface area contributed by atoms with Gasteiger partial charge in [-0.25, -0.2) is 17.5 Å². The van der Waals surface area contributed by atoms with Crippen molar-refractivity contribution in [3.8, 4) is 0 Å². The van der Waals surface area contributed by atoms with Crippen LogP contribution < -0.4 is 0 Å². The Kier molecular flexibility index (Phi) is 5.48. The van der Waals surface area contributed by atoms with Gasteiger partial charge in [-0.3, -0.25) is 0 Å². The number of carbonyl (C=O) groups is 1. The topological polar surface area (TPSA) is 83.9 Å². The van der Waals surface area contributed by atoms with Gasteiger partial charge in [-0.05, 0) is 25.0 Å². The van der Waals surface area contributed by atoms with Crippen LogP contribution in [0.3, 0.4) is 0 Å². The largest absolute Gasteiger partial charge is 0.477 e. The summed E-state index contributed by atoms with van der Waals surface area (Å²) in [5.41, 5.74) is 0.460. The summed E-state index contributed by atoms with van der Waals surface area (Å²) in [5.74, 6) is -1.11. The number of aryl methyl sites for hydroxylation is 1. The monoisotopic (exact) mass is 307 g/mol. The molecule has 1 rings (SSSR count). The highest BCUT2D eigenvalue weighted by Crippen LogP contribution is 2.28. The second kappa shape index (κ2) is 6.47. The number of hydrogen-bond acceptors (Lipinski definition) is 5. The fourth-order valence-electron chi connectivity index (χ4n) is 1.50. The Morgan fingerprint density at radius 3 is 2.63 bits per heavy atom. The minimum absolute atomic E-state index is 0.0577. The molecule has 0 unspecified atom stereocenters. The lowest BCUT2D eigenvalue weighted by atomic mass is 10.3. The third-order valence-electron chi connectivity index (χ3n) is 2.58. The molecule has 0 fully saturated rings. The van der Waals surface area contributed by atoms with Crippen molar-refractivity contribution in [2.45, 2.75) is 17.6 Å². The molecule has 1 aromatic heterocycles. The Morgan fingerprint density at radius 2 is 2.16 bits per heavy atom. The number of carboxylic acid groups (broad SMARTS) is 1.